The fourth-order valence-electron chi connectivity index (χ4n) is 2.10. The van der Waals surface area contributed by atoms with Crippen molar-refractivity contribution < 1.29 is 4.79 Å². The van der Waals surface area contributed by atoms with Gasteiger partial charge in [0.1, 0.15) is 0 Å². The lowest BCUT2D eigenvalue weighted by atomic mass is 10.1. The van der Waals surface area contributed by atoms with Crippen molar-refractivity contribution >= 4 is 5.91 Å². The van der Waals surface area contributed by atoms with Crippen LogP contribution < -0.4 is 5.32 Å². The second kappa shape index (κ2) is 6.05. The van der Waals surface area contributed by atoms with Crippen LogP contribution in [0.15, 0.2) is 67.1 Å². The number of benzene rings is 1. The maximum Gasteiger partial charge on any atom is 0.253 e. The van der Waals surface area contributed by atoms with Gasteiger partial charge in [-0.25, -0.2) is 0 Å². The van der Waals surface area contributed by atoms with Gasteiger partial charge in [-0.15, -0.1) is 0 Å². The molecular weight excluding hydrogens is 262 g/mol. The van der Waals surface area contributed by atoms with E-state index in [1.807, 2.05) is 48.5 Å². The highest BCUT2D eigenvalue weighted by Gasteiger charge is 2.09. The summed E-state index contributed by atoms with van der Waals surface area (Å²) in [6, 6.07) is 15.6. The third-order valence-electron chi connectivity index (χ3n) is 3.21. The standard InChI is InChI=1S/C17H15N3O/c21-17(20-11-13-5-4-8-18-10-13)15-9-16(19-12-15)14-6-2-1-3-7-14/h1-10,12,19H,11H2,(H,20,21). The molecule has 1 aromatic carbocycles. The Bertz CT molecular complexity index is 720. The van der Waals surface area contributed by atoms with Crippen LogP contribution in [0, 0.1) is 0 Å². The van der Waals surface area contributed by atoms with Crippen LogP contribution in [0.2, 0.25) is 0 Å². The summed E-state index contributed by atoms with van der Waals surface area (Å²) in [7, 11) is 0. The van der Waals surface area contributed by atoms with Gasteiger partial charge in [0, 0.05) is 30.8 Å². The summed E-state index contributed by atoms with van der Waals surface area (Å²) in [5, 5.41) is 2.88. The largest absolute Gasteiger partial charge is 0.360 e. The minimum absolute atomic E-state index is 0.0997. The fourth-order valence-corrected chi connectivity index (χ4v) is 2.10. The van der Waals surface area contributed by atoms with Gasteiger partial charge in [0.05, 0.1) is 5.56 Å². The van der Waals surface area contributed by atoms with Crippen LogP contribution in [0.1, 0.15) is 15.9 Å². The maximum absolute atomic E-state index is 12.1. The van der Waals surface area contributed by atoms with Gasteiger partial charge < -0.3 is 10.3 Å². The van der Waals surface area contributed by atoms with E-state index < -0.39 is 0 Å². The summed E-state index contributed by atoms with van der Waals surface area (Å²) in [6.45, 7) is 0.471. The quantitative estimate of drug-likeness (QED) is 0.770. The van der Waals surface area contributed by atoms with E-state index in [1.54, 1.807) is 18.6 Å². The average Bonchev–Trinajstić information content (AvgIpc) is 3.04. The van der Waals surface area contributed by atoms with Crippen molar-refractivity contribution in [1.29, 1.82) is 0 Å². The highest BCUT2D eigenvalue weighted by Crippen LogP contribution is 2.18. The second-order valence-corrected chi connectivity index (χ2v) is 4.71. The first-order chi connectivity index (χ1) is 10.3. The first-order valence-electron chi connectivity index (χ1n) is 6.74. The highest BCUT2D eigenvalue weighted by molar-refractivity contribution is 5.95. The molecule has 21 heavy (non-hydrogen) atoms. The molecule has 0 spiro atoms. The number of H-pyrrole nitrogens is 1. The summed E-state index contributed by atoms with van der Waals surface area (Å²) >= 11 is 0. The van der Waals surface area contributed by atoms with E-state index in [9.17, 15) is 4.79 Å². The number of pyridine rings is 1. The minimum atomic E-state index is -0.0997. The molecule has 0 aliphatic heterocycles. The lowest BCUT2D eigenvalue weighted by Crippen LogP contribution is -2.22. The van der Waals surface area contributed by atoms with Gasteiger partial charge in [-0.05, 0) is 23.3 Å². The van der Waals surface area contributed by atoms with Crippen molar-refractivity contribution in [3.63, 3.8) is 0 Å². The van der Waals surface area contributed by atoms with Crippen molar-refractivity contribution in [3.8, 4) is 11.3 Å². The van der Waals surface area contributed by atoms with E-state index in [-0.39, 0.29) is 5.91 Å². The number of hydrogen-bond acceptors (Lipinski definition) is 2. The van der Waals surface area contributed by atoms with Crippen molar-refractivity contribution in [2.45, 2.75) is 6.54 Å². The van der Waals surface area contributed by atoms with Crippen molar-refractivity contribution in [3.05, 3.63) is 78.2 Å². The Morgan fingerprint density at radius 1 is 1.14 bits per heavy atom. The smallest absolute Gasteiger partial charge is 0.253 e. The number of nitrogens with one attached hydrogen (secondary N) is 2. The number of carbonyl (C=O) groups excluding carboxylic acids is 1. The predicted octanol–water partition coefficient (Wildman–Crippen LogP) is 3.01. The lowest BCUT2D eigenvalue weighted by Gasteiger charge is -2.02. The molecule has 0 unspecified atom stereocenters. The molecule has 1 amide bonds. The van der Waals surface area contributed by atoms with E-state index in [0.717, 1.165) is 16.8 Å². The van der Waals surface area contributed by atoms with Crippen LogP contribution in [0.3, 0.4) is 0 Å². The maximum atomic E-state index is 12.1. The topological polar surface area (TPSA) is 57.8 Å². The average molecular weight is 277 g/mol. The zero-order valence-corrected chi connectivity index (χ0v) is 11.4. The zero-order chi connectivity index (χ0) is 14.5. The Morgan fingerprint density at radius 3 is 2.76 bits per heavy atom. The molecule has 0 fully saturated rings. The summed E-state index contributed by atoms with van der Waals surface area (Å²) in [5.41, 5.74) is 3.59. The molecule has 4 heteroatoms. The lowest BCUT2D eigenvalue weighted by molar-refractivity contribution is 0.0951. The van der Waals surface area contributed by atoms with E-state index in [2.05, 4.69) is 15.3 Å². The second-order valence-electron chi connectivity index (χ2n) is 4.71. The zero-order valence-electron chi connectivity index (χ0n) is 11.4. The van der Waals surface area contributed by atoms with Gasteiger partial charge in [0.15, 0.2) is 0 Å². The number of nitrogens with zero attached hydrogens (tertiary/aromatic N) is 1. The normalized spacial score (nSPS) is 10.3. The van der Waals surface area contributed by atoms with Crippen LogP contribution in [0.25, 0.3) is 11.3 Å². The minimum Gasteiger partial charge on any atom is -0.360 e. The summed E-state index contributed by atoms with van der Waals surface area (Å²) < 4.78 is 0. The molecule has 0 saturated carbocycles. The molecule has 0 aliphatic carbocycles. The number of aromatic amines is 1. The number of aromatic nitrogens is 2. The van der Waals surface area contributed by atoms with Crippen LogP contribution in [0.4, 0.5) is 0 Å². The molecule has 0 bridgehead atoms. The summed E-state index contributed by atoms with van der Waals surface area (Å²) in [5.74, 6) is -0.0997. The number of rotatable bonds is 4. The molecule has 104 valence electrons. The predicted molar refractivity (Wildman–Crippen MR) is 81.6 cm³/mol. The van der Waals surface area contributed by atoms with E-state index in [4.69, 9.17) is 0 Å². The summed E-state index contributed by atoms with van der Waals surface area (Å²) in [4.78, 5) is 19.3. The molecule has 3 aromatic rings. The van der Waals surface area contributed by atoms with Gasteiger partial charge >= 0.3 is 0 Å². The molecule has 4 nitrogen and oxygen atoms in total. The first-order valence-corrected chi connectivity index (χ1v) is 6.74. The fraction of sp³-hybridized carbons (Fsp3) is 0.0588. The van der Waals surface area contributed by atoms with Gasteiger partial charge in [-0.1, -0.05) is 36.4 Å². The van der Waals surface area contributed by atoms with Crippen LogP contribution in [-0.2, 0) is 6.54 Å². The molecule has 2 N–H and O–H groups in total. The Morgan fingerprint density at radius 2 is 2.00 bits per heavy atom. The molecule has 0 aliphatic rings. The Labute approximate surface area is 122 Å². The van der Waals surface area contributed by atoms with E-state index in [0.29, 0.717) is 12.1 Å². The monoisotopic (exact) mass is 277 g/mol. The highest BCUT2D eigenvalue weighted by atomic mass is 16.1. The third kappa shape index (κ3) is 3.17. The van der Waals surface area contributed by atoms with Crippen molar-refractivity contribution in [2.75, 3.05) is 0 Å². The van der Waals surface area contributed by atoms with E-state index >= 15 is 0 Å². The molecule has 2 aromatic heterocycles. The Hall–Kier alpha value is -2.88. The molecule has 0 atom stereocenters. The van der Waals surface area contributed by atoms with Gasteiger partial charge in [0.25, 0.3) is 5.91 Å². The molecule has 0 saturated heterocycles. The number of hydrogen-bond donors (Lipinski definition) is 2. The Balaban J connectivity index is 1.67. The molecule has 2 heterocycles. The third-order valence-corrected chi connectivity index (χ3v) is 3.21. The molecule has 3 rings (SSSR count). The summed E-state index contributed by atoms with van der Waals surface area (Å²) in [6.07, 6.45) is 5.18. The van der Waals surface area contributed by atoms with Gasteiger partial charge in [0.2, 0.25) is 0 Å². The van der Waals surface area contributed by atoms with Gasteiger partial charge in [-0.2, -0.15) is 0 Å². The van der Waals surface area contributed by atoms with Crippen LogP contribution >= 0.6 is 0 Å². The van der Waals surface area contributed by atoms with E-state index in [1.165, 1.54) is 0 Å². The number of amides is 1. The van der Waals surface area contributed by atoms with Crippen molar-refractivity contribution in [2.24, 2.45) is 0 Å². The number of carbonyl (C=O) groups is 1. The first kappa shape index (κ1) is 13.1. The van der Waals surface area contributed by atoms with Gasteiger partial charge in [-0.3, -0.25) is 9.78 Å². The van der Waals surface area contributed by atoms with Crippen LogP contribution in [0.5, 0.6) is 0 Å². The SMILES string of the molecule is O=C(NCc1cccnc1)c1c[nH]c(-c2ccccc2)c1. The van der Waals surface area contributed by atoms with Crippen LogP contribution in [-0.4, -0.2) is 15.9 Å². The molecule has 0 radical (unpaired) electrons. The Kier molecular flexibility index (Phi) is 3.78. The van der Waals surface area contributed by atoms with Crippen molar-refractivity contribution in [1.82, 2.24) is 15.3 Å². The molecular formula is C17H15N3O.